The second-order valence-corrected chi connectivity index (χ2v) is 2.95. The minimum Gasteiger partial charge on any atom is -0.418 e. The van der Waals surface area contributed by atoms with Crippen molar-refractivity contribution in [2.45, 2.75) is 13.0 Å². The highest BCUT2D eigenvalue weighted by Crippen LogP contribution is 2.16. The molecule has 5 nitrogen and oxygen atoms in total. The molecule has 0 amide bonds. The van der Waals surface area contributed by atoms with Gasteiger partial charge >= 0.3 is 0 Å². The summed E-state index contributed by atoms with van der Waals surface area (Å²) in [6, 6.07) is 5.24. The highest BCUT2D eigenvalue weighted by atomic mass is 16.4. The SMILES string of the molecule is CC(N)c1nnc(-c2ccccn2)o1. The van der Waals surface area contributed by atoms with Gasteiger partial charge in [-0.1, -0.05) is 6.07 Å². The summed E-state index contributed by atoms with van der Waals surface area (Å²) in [7, 11) is 0. The van der Waals surface area contributed by atoms with E-state index in [-0.39, 0.29) is 6.04 Å². The molecule has 14 heavy (non-hydrogen) atoms. The van der Waals surface area contributed by atoms with Crippen LogP contribution in [0.4, 0.5) is 0 Å². The Morgan fingerprint density at radius 1 is 1.36 bits per heavy atom. The fraction of sp³-hybridized carbons (Fsp3) is 0.222. The lowest BCUT2D eigenvalue weighted by Gasteiger charge is -1.95. The van der Waals surface area contributed by atoms with Gasteiger partial charge in [0.25, 0.3) is 5.89 Å². The van der Waals surface area contributed by atoms with Crippen LogP contribution >= 0.6 is 0 Å². The third-order valence-electron chi connectivity index (χ3n) is 1.71. The van der Waals surface area contributed by atoms with Gasteiger partial charge in [-0.25, -0.2) is 0 Å². The van der Waals surface area contributed by atoms with Gasteiger partial charge in [-0.3, -0.25) is 4.98 Å². The van der Waals surface area contributed by atoms with E-state index >= 15 is 0 Å². The van der Waals surface area contributed by atoms with Crippen molar-refractivity contribution in [1.29, 1.82) is 0 Å². The molecule has 0 spiro atoms. The smallest absolute Gasteiger partial charge is 0.266 e. The van der Waals surface area contributed by atoms with Gasteiger partial charge in [0, 0.05) is 6.20 Å². The zero-order chi connectivity index (χ0) is 9.97. The summed E-state index contributed by atoms with van der Waals surface area (Å²) in [4.78, 5) is 4.08. The van der Waals surface area contributed by atoms with E-state index in [4.69, 9.17) is 10.2 Å². The molecular weight excluding hydrogens is 180 g/mol. The van der Waals surface area contributed by atoms with Crippen molar-refractivity contribution in [3.63, 3.8) is 0 Å². The van der Waals surface area contributed by atoms with Gasteiger partial charge in [0.15, 0.2) is 0 Å². The predicted octanol–water partition coefficient (Wildman–Crippen LogP) is 1.15. The van der Waals surface area contributed by atoms with Crippen LogP contribution < -0.4 is 5.73 Å². The first-order chi connectivity index (χ1) is 6.77. The van der Waals surface area contributed by atoms with Crippen molar-refractivity contribution in [3.8, 4) is 11.6 Å². The van der Waals surface area contributed by atoms with Gasteiger partial charge in [0.1, 0.15) is 5.69 Å². The summed E-state index contributed by atoms with van der Waals surface area (Å²) < 4.78 is 5.32. The molecule has 72 valence electrons. The van der Waals surface area contributed by atoms with E-state index in [1.54, 1.807) is 19.2 Å². The number of aromatic nitrogens is 3. The Morgan fingerprint density at radius 2 is 2.21 bits per heavy atom. The van der Waals surface area contributed by atoms with Crippen LogP contribution in [0.15, 0.2) is 28.8 Å². The fourth-order valence-electron chi connectivity index (χ4n) is 1.01. The van der Waals surface area contributed by atoms with E-state index in [9.17, 15) is 0 Å². The Balaban J connectivity index is 2.34. The molecule has 2 heterocycles. The largest absolute Gasteiger partial charge is 0.418 e. The molecule has 0 bridgehead atoms. The number of rotatable bonds is 2. The van der Waals surface area contributed by atoms with E-state index in [2.05, 4.69) is 15.2 Å². The average Bonchev–Trinajstić information content (AvgIpc) is 2.68. The number of hydrogen-bond donors (Lipinski definition) is 1. The normalized spacial score (nSPS) is 12.7. The van der Waals surface area contributed by atoms with Crippen LogP contribution in [-0.2, 0) is 0 Å². The molecular formula is C9H10N4O. The summed E-state index contributed by atoms with van der Waals surface area (Å²) in [5.74, 6) is 0.823. The Hall–Kier alpha value is -1.75. The number of hydrogen-bond acceptors (Lipinski definition) is 5. The standard InChI is InChI=1S/C9H10N4O/c1-6(10)8-12-13-9(14-8)7-4-2-3-5-11-7/h2-6H,10H2,1H3. The van der Waals surface area contributed by atoms with Gasteiger partial charge in [0.2, 0.25) is 5.89 Å². The Kier molecular flexibility index (Phi) is 2.24. The third kappa shape index (κ3) is 1.62. The molecule has 1 unspecified atom stereocenters. The average molecular weight is 190 g/mol. The number of pyridine rings is 1. The zero-order valence-corrected chi connectivity index (χ0v) is 7.71. The molecule has 0 aliphatic carbocycles. The van der Waals surface area contributed by atoms with Crippen molar-refractivity contribution >= 4 is 0 Å². The molecule has 0 saturated carbocycles. The van der Waals surface area contributed by atoms with Crippen LogP contribution in [0.1, 0.15) is 18.9 Å². The summed E-state index contributed by atoms with van der Waals surface area (Å²) >= 11 is 0. The topological polar surface area (TPSA) is 77.8 Å². The quantitative estimate of drug-likeness (QED) is 0.768. The lowest BCUT2D eigenvalue weighted by atomic mass is 10.3. The molecule has 2 N–H and O–H groups in total. The van der Waals surface area contributed by atoms with Gasteiger partial charge in [-0.05, 0) is 19.1 Å². The third-order valence-corrected chi connectivity index (χ3v) is 1.71. The molecule has 2 aromatic rings. The van der Waals surface area contributed by atoms with Crippen LogP contribution in [-0.4, -0.2) is 15.2 Å². The summed E-state index contributed by atoms with van der Waals surface area (Å²) in [5.41, 5.74) is 6.25. The van der Waals surface area contributed by atoms with Crippen molar-refractivity contribution in [1.82, 2.24) is 15.2 Å². The molecule has 0 aliphatic rings. The first-order valence-corrected chi connectivity index (χ1v) is 4.28. The van der Waals surface area contributed by atoms with E-state index in [0.29, 0.717) is 17.5 Å². The van der Waals surface area contributed by atoms with Crippen molar-refractivity contribution < 1.29 is 4.42 Å². The highest BCUT2D eigenvalue weighted by molar-refractivity contribution is 5.44. The van der Waals surface area contributed by atoms with Gasteiger partial charge in [-0.15, -0.1) is 10.2 Å². The molecule has 1 atom stereocenters. The number of nitrogens with zero attached hydrogens (tertiary/aromatic N) is 3. The van der Waals surface area contributed by atoms with Gasteiger partial charge < -0.3 is 10.2 Å². The summed E-state index contributed by atoms with van der Waals surface area (Å²) in [6.45, 7) is 1.79. The fourth-order valence-corrected chi connectivity index (χ4v) is 1.01. The van der Waals surface area contributed by atoms with Crippen molar-refractivity contribution in [2.75, 3.05) is 0 Å². The molecule has 2 rings (SSSR count). The highest BCUT2D eigenvalue weighted by Gasteiger charge is 2.11. The van der Waals surface area contributed by atoms with Crippen LogP contribution in [0, 0.1) is 0 Å². The van der Waals surface area contributed by atoms with Crippen LogP contribution in [0.3, 0.4) is 0 Å². The monoisotopic (exact) mass is 190 g/mol. The summed E-state index contributed by atoms with van der Waals surface area (Å²) in [5, 5.41) is 7.66. The summed E-state index contributed by atoms with van der Waals surface area (Å²) in [6.07, 6.45) is 1.67. The Labute approximate surface area is 81.0 Å². The van der Waals surface area contributed by atoms with Crippen LogP contribution in [0.5, 0.6) is 0 Å². The molecule has 2 aromatic heterocycles. The maximum atomic E-state index is 5.59. The second kappa shape index (κ2) is 3.55. The first-order valence-electron chi connectivity index (χ1n) is 4.28. The predicted molar refractivity (Wildman–Crippen MR) is 50.1 cm³/mol. The minimum atomic E-state index is -0.250. The van der Waals surface area contributed by atoms with Crippen LogP contribution in [0.2, 0.25) is 0 Å². The lowest BCUT2D eigenvalue weighted by molar-refractivity contribution is 0.472. The van der Waals surface area contributed by atoms with E-state index in [1.807, 2.05) is 12.1 Å². The molecule has 0 fully saturated rings. The van der Waals surface area contributed by atoms with Crippen molar-refractivity contribution in [3.05, 3.63) is 30.3 Å². The Morgan fingerprint density at radius 3 is 2.79 bits per heavy atom. The number of nitrogens with two attached hydrogens (primary N) is 1. The van der Waals surface area contributed by atoms with E-state index in [1.165, 1.54) is 0 Å². The van der Waals surface area contributed by atoms with Crippen molar-refractivity contribution in [2.24, 2.45) is 5.73 Å². The molecule has 0 radical (unpaired) electrons. The zero-order valence-electron chi connectivity index (χ0n) is 7.71. The molecule has 0 aromatic carbocycles. The van der Waals surface area contributed by atoms with Crippen LogP contribution in [0.25, 0.3) is 11.6 Å². The van der Waals surface area contributed by atoms with E-state index < -0.39 is 0 Å². The second-order valence-electron chi connectivity index (χ2n) is 2.95. The molecule has 5 heteroatoms. The lowest BCUT2D eigenvalue weighted by Crippen LogP contribution is -2.04. The minimum absolute atomic E-state index is 0.250. The van der Waals surface area contributed by atoms with Gasteiger partial charge in [0.05, 0.1) is 6.04 Å². The molecule has 0 saturated heterocycles. The van der Waals surface area contributed by atoms with E-state index in [0.717, 1.165) is 0 Å². The maximum absolute atomic E-state index is 5.59. The molecule has 0 aliphatic heterocycles. The maximum Gasteiger partial charge on any atom is 0.266 e. The first kappa shape index (κ1) is 8.83. The van der Waals surface area contributed by atoms with Gasteiger partial charge in [-0.2, -0.15) is 0 Å². The Bertz CT molecular complexity index is 410.